The summed E-state index contributed by atoms with van der Waals surface area (Å²) in [5.74, 6) is -2.64. The Kier molecular flexibility index (Phi) is 4.19. The first-order valence-electron chi connectivity index (χ1n) is 5.68. The molecule has 0 aliphatic rings. The van der Waals surface area contributed by atoms with E-state index in [0.29, 0.717) is 15.7 Å². The lowest BCUT2D eigenvalue weighted by Crippen LogP contribution is -2.15. The van der Waals surface area contributed by atoms with Gasteiger partial charge in [-0.3, -0.25) is 4.79 Å². The Morgan fingerprint density at radius 1 is 1.29 bits per heavy atom. The van der Waals surface area contributed by atoms with E-state index < -0.39 is 28.8 Å². The first-order valence-corrected chi connectivity index (χ1v) is 6.47. The number of nitrogens with one attached hydrogen (secondary N) is 1. The molecule has 0 aliphatic heterocycles. The summed E-state index contributed by atoms with van der Waals surface area (Å²) in [5, 5.41) is 11.2. The number of nitrogens with zero attached hydrogens (tertiary/aromatic N) is 1. The average Bonchev–Trinajstić information content (AvgIpc) is 2.44. The Balaban J connectivity index is 2.33. The summed E-state index contributed by atoms with van der Waals surface area (Å²) in [6.07, 6.45) is 0. The van der Waals surface area contributed by atoms with E-state index in [-0.39, 0.29) is 0 Å². The fourth-order valence-electron chi connectivity index (χ4n) is 1.65. The topological polar surface area (TPSA) is 78.9 Å². The van der Waals surface area contributed by atoms with Crippen LogP contribution in [0.4, 0.5) is 20.2 Å². The molecule has 0 aromatic heterocycles. The number of rotatable bonds is 2. The summed E-state index contributed by atoms with van der Waals surface area (Å²) in [4.78, 5) is 12.0. The van der Waals surface area contributed by atoms with Gasteiger partial charge in [0.25, 0.3) is 5.91 Å². The summed E-state index contributed by atoms with van der Waals surface area (Å²) < 4.78 is 27.4. The number of hydrogen-bond donors (Lipinski definition) is 2. The zero-order valence-corrected chi connectivity index (χ0v) is 12.0. The van der Waals surface area contributed by atoms with Crippen LogP contribution in [0.5, 0.6) is 0 Å². The maximum atomic E-state index is 13.7. The minimum atomic E-state index is -0.987. The maximum Gasteiger partial charge on any atom is 0.258 e. The van der Waals surface area contributed by atoms with Crippen LogP contribution in [0, 0.1) is 23.0 Å². The Morgan fingerprint density at radius 3 is 2.62 bits per heavy atom. The lowest BCUT2D eigenvalue weighted by atomic mass is 10.1. The molecule has 2 aromatic rings. The Labute approximate surface area is 127 Å². The molecule has 7 heteroatoms. The SMILES string of the molecule is N#Cc1ccc(NC(=O)c2cc(F)cc(N)c2F)c(Br)c1. The van der Waals surface area contributed by atoms with Crippen LogP contribution in [0.3, 0.4) is 0 Å². The van der Waals surface area contributed by atoms with Gasteiger partial charge in [0.15, 0.2) is 5.82 Å². The van der Waals surface area contributed by atoms with Gasteiger partial charge in [0.2, 0.25) is 0 Å². The van der Waals surface area contributed by atoms with E-state index in [1.807, 2.05) is 6.07 Å². The largest absolute Gasteiger partial charge is 0.396 e. The van der Waals surface area contributed by atoms with Crippen molar-refractivity contribution >= 4 is 33.2 Å². The standard InChI is InChI=1S/C14H8BrF2N3O/c15-10-3-7(6-18)1-2-12(10)20-14(21)9-4-8(16)5-11(19)13(9)17/h1-5H,19H2,(H,20,21). The summed E-state index contributed by atoms with van der Waals surface area (Å²) in [7, 11) is 0. The number of nitriles is 1. The van der Waals surface area contributed by atoms with Crippen molar-refractivity contribution < 1.29 is 13.6 Å². The van der Waals surface area contributed by atoms with Gasteiger partial charge in [-0.1, -0.05) is 0 Å². The first kappa shape index (κ1) is 14.9. The molecular formula is C14H8BrF2N3O. The number of halogens is 3. The molecule has 0 aliphatic carbocycles. The normalized spacial score (nSPS) is 10.0. The van der Waals surface area contributed by atoms with Crippen molar-refractivity contribution in [3.8, 4) is 6.07 Å². The van der Waals surface area contributed by atoms with Crippen LogP contribution >= 0.6 is 15.9 Å². The second-order valence-electron chi connectivity index (χ2n) is 4.12. The molecule has 0 heterocycles. The highest BCUT2D eigenvalue weighted by atomic mass is 79.9. The highest BCUT2D eigenvalue weighted by Crippen LogP contribution is 2.25. The van der Waals surface area contributed by atoms with Gasteiger partial charge in [-0.15, -0.1) is 0 Å². The highest BCUT2D eigenvalue weighted by Gasteiger charge is 2.17. The molecule has 2 aromatic carbocycles. The quantitative estimate of drug-likeness (QED) is 0.813. The predicted octanol–water partition coefficient (Wildman–Crippen LogP) is 3.43. The van der Waals surface area contributed by atoms with Gasteiger partial charge in [0.05, 0.1) is 28.6 Å². The van der Waals surface area contributed by atoms with Crippen LogP contribution < -0.4 is 11.1 Å². The van der Waals surface area contributed by atoms with Crippen molar-refractivity contribution in [3.05, 3.63) is 57.6 Å². The van der Waals surface area contributed by atoms with Gasteiger partial charge in [0, 0.05) is 4.47 Å². The summed E-state index contributed by atoms with van der Waals surface area (Å²) in [6, 6.07) is 7.94. The molecule has 2 rings (SSSR count). The molecule has 0 unspecified atom stereocenters. The van der Waals surface area contributed by atoms with Crippen LogP contribution in [-0.4, -0.2) is 5.91 Å². The molecular weight excluding hydrogens is 344 g/mol. The lowest BCUT2D eigenvalue weighted by molar-refractivity contribution is 0.102. The molecule has 0 spiro atoms. The second kappa shape index (κ2) is 5.89. The zero-order chi connectivity index (χ0) is 15.6. The third kappa shape index (κ3) is 3.17. The molecule has 21 heavy (non-hydrogen) atoms. The molecule has 106 valence electrons. The van der Waals surface area contributed by atoms with Gasteiger partial charge in [-0.25, -0.2) is 8.78 Å². The Morgan fingerprint density at radius 2 is 2.00 bits per heavy atom. The molecule has 0 saturated heterocycles. The van der Waals surface area contributed by atoms with Gasteiger partial charge < -0.3 is 11.1 Å². The number of benzene rings is 2. The smallest absolute Gasteiger partial charge is 0.258 e. The van der Waals surface area contributed by atoms with Crippen molar-refractivity contribution in [1.82, 2.24) is 0 Å². The van der Waals surface area contributed by atoms with Crippen LogP contribution in [0.1, 0.15) is 15.9 Å². The fraction of sp³-hybridized carbons (Fsp3) is 0. The first-order chi connectivity index (χ1) is 9.92. The van der Waals surface area contributed by atoms with Crippen LogP contribution in [0.25, 0.3) is 0 Å². The van der Waals surface area contributed by atoms with E-state index in [4.69, 9.17) is 11.0 Å². The number of carbonyl (C=O) groups is 1. The van der Waals surface area contributed by atoms with Gasteiger partial charge in [0.1, 0.15) is 5.82 Å². The lowest BCUT2D eigenvalue weighted by Gasteiger charge is -2.09. The Hall–Kier alpha value is -2.46. The van der Waals surface area contributed by atoms with E-state index in [1.54, 1.807) is 0 Å². The third-order valence-corrected chi connectivity index (χ3v) is 3.31. The molecule has 1 amide bonds. The summed E-state index contributed by atoms with van der Waals surface area (Å²) in [6.45, 7) is 0. The van der Waals surface area contributed by atoms with E-state index in [0.717, 1.165) is 12.1 Å². The van der Waals surface area contributed by atoms with Crippen LogP contribution in [0.15, 0.2) is 34.8 Å². The molecule has 0 bridgehead atoms. The monoisotopic (exact) mass is 351 g/mol. The molecule has 3 N–H and O–H groups in total. The molecule has 4 nitrogen and oxygen atoms in total. The number of amides is 1. The number of nitrogens with two attached hydrogens (primary N) is 1. The van der Waals surface area contributed by atoms with Crippen LogP contribution in [0.2, 0.25) is 0 Å². The Bertz CT molecular complexity index is 772. The summed E-state index contributed by atoms with van der Waals surface area (Å²) >= 11 is 3.18. The van der Waals surface area contributed by atoms with Gasteiger partial charge in [-0.2, -0.15) is 5.26 Å². The summed E-state index contributed by atoms with van der Waals surface area (Å²) in [5.41, 5.74) is 5.05. The molecule has 0 fully saturated rings. The van der Waals surface area contributed by atoms with Crippen molar-refractivity contribution in [2.75, 3.05) is 11.1 Å². The van der Waals surface area contributed by atoms with E-state index in [2.05, 4.69) is 21.2 Å². The van der Waals surface area contributed by atoms with E-state index in [9.17, 15) is 13.6 Å². The molecule has 0 radical (unpaired) electrons. The highest BCUT2D eigenvalue weighted by molar-refractivity contribution is 9.10. The number of carbonyl (C=O) groups excluding carboxylic acids is 1. The van der Waals surface area contributed by atoms with Crippen molar-refractivity contribution in [1.29, 1.82) is 5.26 Å². The number of nitrogen functional groups attached to an aromatic ring is 1. The van der Waals surface area contributed by atoms with Crippen molar-refractivity contribution in [3.63, 3.8) is 0 Å². The predicted molar refractivity (Wildman–Crippen MR) is 77.6 cm³/mol. The molecule has 0 saturated carbocycles. The van der Waals surface area contributed by atoms with Crippen LogP contribution in [-0.2, 0) is 0 Å². The minimum absolute atomic E-state index is 0.321. The second-order valence-corrected chi connectivity index (χ2v) is 4.97. The maximum absolute atomic E-state index is 13.7. The fourth-order valence-corrected chi connectivity index (χ4v) is 2.13. The van der Waals surface area contributed by atoms with Crippen molar-refractivity contribution in [2.24, 2.45) is 0 Å². The van der Waals surface area contributed by atoms with Crippen molar-refractivity contribution in [2.45, 2.75) is 0 Å². The number of anilines is 2. The van der Waals surface area contributed by atoms with E-state index in [1.165, 1.54) is 18.2 Å². The minimum Gasteiger partial charge on any atom is -0.396 e. The third-order valence-electron chi connectivity index (χ3n) is 2.66. The van der Waals surface area contributed by atoms with Gasteiger partial charge >= 0.3 is 0 Å². The zero-order valence-electron chi connectivity index (χ0n) is 10.5. The van der Waals surface area contributed by atoms with E-state index >= 15 is 0 Å². The average molecular weight is 352 g/mol. The molecule has 0 atom stereocenters. The number of hydrogen-bond acceptors (Lipinski definition) is 3. The van der Waals surface area contributed by atoms with Gasteiger partial charge in [-0.05, 0) is 46.3 Å².